The highest BCUT2D eigenvalue weighted by atomic mass is 32.1. The maximum Gasteiger partial charge on any atom is 0.416 e. The van der Waals surface area contributed by atoms with Gasteiger partial charge in [0.2, 0.25) is 5.91 Å². The molecule has 1 atom stereocenters. The summed E-state index contributed by atoms with van der Waals surface area (Å²) < 4.78 is 38.4. The van der Waals surface area contributed by atoms with Gasteiger partial charge in [-0.15, -0.1) is 0 Å². The summed E-state index contributed by atoms with van der Waals surface area (Å²) in [6.07, 6.45) is -4.43. The number of nitrogens with one attached hydrogen (secondary N) is 1. The van der Waals surface area contributed by atoms with Crippen molar-refractivity contribution >= 4 is 22.9 Å². The summed E-state index contributed by atoms with van der Waals surface area (Å²) in [6, 6.07) is 6.44. The molecule has 1 N–H and O–H groups in total. The number of carbonyl (C=O) groups is 1. The Labute approximate surface area is 160 Å². The van der Waals surface area contributed by atoms with Gasteiger partial charge in [0.15, 0.2) is 0 Å². The first kappa shape index (κ1) is 19.9. The third kappa shape index (κ3) is 5.31. The van der Waals surface area contributed by atoms with Crippen molar-refractivity contribution in [1.82, 2.24) is 9.80 Å². The van der Waals surface area contributed by atoms with Gasteiger partial charge < -0.3 is 5.32 Å². The average molecular weight is 397 g/mol. The quantitative estimate of drug-likeness (QED) is 0.831. The molecule has 4 nitrogen and oxygen atoms in total. The van der Waals surface area contributed by atoms with Gasteiger partial charge in [-0.2, -0.15) is 24.5 Å². The lowest BCUT2D eigenvalue weighted by Crippen LogP contribution is -2.52. The number of thiophene rings is 1. The molecule has 8 heteroatoms. The molecule has 0 radical (unpaired) electrons. The van der Waals surface area contributed by atoms with Crippen LogP contribution in [0.15, 0.2) is 41.1 Å². The van der Waals surface area contributed by atoms with Crippen LogP contribution in [0.4, 0.5) is 18.9 Å². The van der Waals surface area contributed by atoms with Crippen molar-refractivity contribution in [2.45, 2.75) is 25.7 Å². The summed E-state index contributed by atoms with van der Waals surface area (Å²) in [7, 11) is 0. The SMILES string of the molecule is CC(C(=O)Nc1cccc(C(F)(F)F)c1)N1CCN(Cc2ccsc2)CC1. The van der Waals surface area contributed by atoms with E-state index in [0.29, 0.717) is 0 Å². The van der Waals surface area contributed by atoms with Crippen molar-refractivity contribution in [2.75, 3.05) is 31.5 Å². The molecule has 1 unspecified atom stereocenters. The lowest BCUT2D eigenvalue weighted by atomic mass is 10.1. The second-order valence-corrected chi connectivity index (χ2v) is 7.47. The highest BCUT2D eigenvalue weighted by Gasteiger charge is 2.31. The molecule has 1 amide bonds. The van der Waals surface area contributed by atoms with Gasteiger partial charge in [-0.05, 0) is 47.5 Å². The number of nitrogens with zero attached hydrogens (tertiary/aromatic N) is 2. The standard InChI is InChI=1S/C19H22F3N3OS/c1-14(18(26)23-17-4-2-3-16(11-17)19(20,21)22)25-8-6-24(7-9-25)12-15-5-10-27-13-15/h2-5,10-11,13-14H,6-9,12H2,1H3,(H,23,26). The largest absolute Gasteiger partial charge is 0.416 e. The summed E-state index contributed by atoms with van der Waals surface area (Å²) >= 11 is 1.68. The molecule has 1 aliphatic heterocycles. The first-order valence-electron chi connectivity index (χ1n) is 8.78. The van der Waals surface area contributed by atoms with Crippen molar-refractivity contribution in [3.8, 4) is 0 Å². The van der Waals surface area contributed by atoms with Crippen molar-refractivity contribution < 1.29 is 18.0 Å². The molecule has 1 aromatic carbocycles. The predicted octanol–water partition coefficient (Wildman–Crippen LogP) is 3.91. The molecule has 1 aliphatic rings. The fraction of sp³-hybridized carbons (Fsp3) is 0.421. The van der Waals surface area contributed by atoms with E-state index < -0.39 is 17.8 Å². The molecule has 0 spiro atoms. The van der Waals surface area contributed by atoms with Crippen LogP contribution in [-0.2, 0) is 17.5 Å². The molecule has 1 saturated heterocycles. The van der Waals surface area contributed by atoms with Crippen molar-refractivity contribution in [2.24, 2.45) is 0 Å². The summed E-state index contributed by atoms with van der Waals surface area (Å²) in [5, 5.41) is 6.80. The second kappa shape index (κ2) is 8.41. The van der Waals surface area contributed by atoms with Crippen LogP contribution in [0.5, 0.6) is 0 Å². The van der Waals surface area contributed by atoms with E-state index >= 15 is 0 Å². The normalized spacial score (nSPS) is 17.6. The van der Waals surface area contributed by atoms with Crippen molar-refractivity contribution in [3.63, 3.8) is 0 Å². The highest BCUT2D eigenvalue weighted by molar-refractivity contribution is 7.07. The van der Waals surface area contributed by atoms with E-state index in [1.807, 2.05) is 0 Å². The molecule has 146 valence electrons. The van der Waals surface area contributed by atoms with Gasteiger partial charge in [0.25, 0.3) is 0 Å². The van der Waals surface area contributed by atoms with Gasteiger partial charge in [0, 0.05) is 38.4 Å². The molecular weight excluding hydrogens is 375 g/mol. The zero-order valence-corrected chi connectivity index (χ0v) is 15.8. The van der Waals surface area contributed by atoms with Crippen LogP contribution in [-0.4, -0.2) is 47.9 Å². The lowest BCUT2D eigenvalue weighted by molar-refractivity contribution is -0.137. The summed E-state index contributed by atoms with van der Waals surface area (Å²) in [6.45, 7) is 5.91. The number of piperazine rings is 1. The van der Waals surface area contributed by atoms with Gasteiger partial charge in [0.1, 0.15) is 0 Å². The van der Waals surface area contributed by atoms with Gasteiger partial charge in [-0.1, -0.05) is 6.07 Å². The van der Waals surface area contributed by atoms with Crippen LogP contribution in [0, 0.1) is 0 Å². The zero-order chi connectivity index (χ0) is 19.4. The second-order valence-electron chi connectivity index (χ2n) is 6.69. The van der Waals surface area contributed by atoms with Crippen LogP contribution in [0.2, 0.25) is 0 Å². The number of rotatable bonds is 5. The number of hydrogen-bond acceptors (Lipinski definition) is 4. The Morgan fingerprint density at radius 1 is 1.22 bits per heavy atom. The molecule has 27 heavy (non-hydrogen) atoms. The number of amides is 1. The van der Waals surface area contributed by atoms with Crippen molar-refractivity contribution in [1.29, 1.82) is 0 Å². The van der Waals surface area contributed by atoms with Gasteiger partial charge in [-0.25, -0.2) is 0 Å². The number of alkyl halides is 3. The van der Waals surface area contributed by atoms with E-state index in [4.69, 9.17) is 0 Å². The van der Waals surface area contributed by atoms with E-state index in [9.17, 15) is 18.0 Å². The van der Waals surface area contributed by atoms with Crippen LogP contribution in [0.25, 0.3) is 0 Å². The van der Waals surface area contributed by atoms with Crippen LogP contribution < -0.4 is 5.32 Å². The molecule has 2 aromatic rings. The molecular formula is C19H22F3N3OS. The Kier molecular flexibility index (Phi) is 6.18. The van der Waals surface area contributed by atoms with E-state index in [0.717, 1.165) is 44.9 Å². The van der Waals surface area contributed by atoms with Crippen LogP contribution in [0.3, 0.4) is 0 Å². The fourth-order valence-electron chi connectivity index (χ4n) is 3.14. The number of benzene rings is 1. The minimum absolute atomic E-state index is 0.165. The molecule has 3 rings (SSSR count). The fourth-order valence-corrected chi connectivity index (χ4v) is 3.80. The molecule has 2 heterocycles. The molecule has 0 bridgehead atoms. The Balaban J connectivity index is 1.52. The Bertz CT molecular complexity index is 756. The Hall–Kier alpha value is -1.90. The van der Waals surface area contributed by atoms with Crippen molar-refractivity contribution in [3.05, 3.63) is 52.2 Å². The van der Waals surface area contributed by atoms with E-state index in [2.05, 4.69) is 31.9 Å². The van der Waals surface area contributed by atoms with Gasteiger partial charge >= 0.3 is 6.18 Å². The number of halogens is 3. The maximum atomic E-state index is 12.8. The smallest absolute Gasteiger partial charge is 0.325 e. The van der Waals surface area contributed by atoms with Gasteiger partial charge in [-0.3, -0.25) is 14.6 Å². The maximum absolute atomic E-state index is 12.8. The van der Waals surface area contributed by atoms with Gasteiger partial charge in [0.05, 0.1) is 11.6 Å². The van der Waals surface area contributed by atoms with Crippen LogP contribution in [0.1, 0.15) is 18.1 Å². The van der Waals surface area contributed by atoms with Crippen LogP contribution >= 0.6 is 11.3 Å². The highest BCUT2D eigenvalue weighted by Crippen LogP contribution is 2.30. The Morgan fingerprint density at radius 2 is 1.96 bits per heavy atom. The molecule has 0 aliphatic carbocycles. The molecule has 1 aromatic heterocycles. The zero-order valence-electron chi connectivity index (χ0n) is 15.0. The monoisotopic (exact) mass is 397 g/mol. The minimum atomic E-state index is -4.43. The summed E-state index contributed by atoms with van der Waals surface area (Å²) in [5.41, 5.74) is 0.691. The summed E-state index contributed by atoms with van der Waals surface area (Å²) in [5.74, 6) is -0.291. The summed E-state index contributed by atoms with van der Waals surface area (Å²) in [4.78, 5) is 16.9. The minimum Gasteiger partial charge on any atom is -0.325 e. The number of anilines is 1. The molecule has 0 saturated carbocycles. The molecule has 1 fully saturated rings. The number of hydrogen-bond donors (Lipinski definition) is 1. The lowest BCUT2D eigenvalue weighted by Gasteiger charge is -2.37. The van der Waals surface area contributed by atoms with E-state index in [1.54, 1.807) is 18.3 Å². The topological polar surface area (TPSA) is 35.6 Å². The first-order valence-corrected chi connectivity index (χ1v) is 9.73. The van der Waals surface area contributed by atoms with E-state index in [-0.39, 0.29) is 11.6 Å². The Morgan fingerprint density at radius 3 is 2.59 bits per heavy atom. The third-order valence-electron chi connectivity index (χ3n) is 4.78. The number of carbonyl (C=O) groups excluding carboxylic acids is 1. The average Bonchev–Trinajstić information content (AvgIpc) is 3.14. The third-order valence-corrected chi connectivity index (χ3v) is 5.51. The first-order chi connectivity index (χ1) is 12.8. The van der Waals surface area contributed by atoms with E-state index in [1.165, 1.54) is 17.7 Å². The predicted molar refractivity (Wildman–Crippen MR) is 101 cm³/mol.